The number of methoxy groups -OCH3 is 1. The molecule has 0 aliphatic carbocycles. The van der Waals surface area contributed by atoms with Crippen molar-refractivity contribution < 1.29 is 9.26 Å². The van der Waals surface area contributed by atoms with Gasteiger partial charge in [-0.1, -0.05) is 16.8 Å². The highest BCUT2D eigenvalue weighted by atomic mass is 35.5. The second-order valence-electron chi connectivity index (χ2n) is 3.50. The summed E-state index contributed by atoms with van der Waals surface area (Å²) in [5.41, 5.74) is 6.88. The van der Waals surface area contributed by atoms with Gasteiger partial charge in [-0.25, -0.2) is 0 Å². The molecule has 0 amide bonds. The minimum atomic E-state index is 0.390. The van der Waals surface area contributed by atoms with Gasteiger partial charge in [0.25, 0.3) is 5.89 Å². The molecular weight excluding hydrogens is 242 g/mol. The summed E-state index contributed by atoms with van der Waals surface area (Å²) in [6, 6.07) is 5.14. The van der Waals surface area contributed by atoms with Crippen molar-refractivity contribution in [3.63, 3.8) is 0 Å². The summed E-state index contributed by atoms with van der Waals surface area (Å²) >= 11 is 6.05. The Balaban J connectivity index is 2.24. The van der Waals surface area contributed by atoms with Crippen LogP contribution in [0, 0.1) is 0 Å². The van der Waals surface area contributed by atoms with Crippen molar-refractivity contribution in [1.82, 2.24) is 10.1 Å². The quantitative estimate of drug-likeness (QED) is 0.845. The number of hydrogen-bond donors (Lipinski definition) is 1. The van der Waals surface area contributed by atoms with Crippen molar-refractivity contribution in [3.05, 3.63) is 29.0 Å². The van der Waals surface area contributed by atoms with Gasteiger partial charge in [0.15, 0.2) is 5.82 Å². The number of ether oxygens (including phenoxy) is 1. The topological polar surface area (TPSA) is 74.2 Å². The second-order valence-corrected chi connectivity index (χ2v) is 3.91. The summed E-state index contributed by atoms with van der Waals surface area (Å²) in [6.07, 6.45) is 0.604. The standard InChI is InChI=1S/C11H12ClN3O2/c1-16-5-4-10-14-11(17-15-10)8-3-2-7(13)6-9(8)12/h2-3,6H,4-5,13H2,1H3. The Hall–Kier alpha value is -1.59. The fraction of sp³-hybridized carbons (Fsp3) is 0.273. The van der Waals surface area contributed by atoms with Crippen LogP contribution in [0.1, 0.15) is 5.82 Å². The van der Waals surface area contributed by atoms with Gasteiger partial charge in [-0.3, -0.25) is 0 Å². The number of anilines is 1. The number of rotatable bonds is 4. The minimum absolute atomic E-state index is 0.390. The van der Waals surface area contributed by atoms with E-state index >= 15 is 0 Å². The molecule has 2 rings (SSSR count). The summed E-state index contributed by atoms with van der Waals surface area (Å²) < 4.78 is 10.1. The molecule has 0 bridgehead atoms. The first kappa shape index (κ1) is 11.9. The Morgan fingerprint density at radius 3 is 3.00 bits per heavy atom. The Kier molecular flexibility index (Phi) is 3.61. The Labute approximate surface area is 104 Å². The summed E-state index contributed by atoms with van der Waals surface area (Å²) in [5.74, 6) is 0.982. The molecule has 0 atom stereocenters. The lowest BCUT2D eigenvalue weighted by Gasteiger charge is -1.99. The maximum Gasteiger partial charge on any atom is 0.259 e. The molecule has 0 aliphatic heterocycles. The van der Waals surface area contributed by atoms with Crippen molar-refractivity contribution in [2.75, 3.05) is 19.5 Å². The molecule has 0 saturated carbocycles. The van der Waals surface area contributed by atoms with Crippen molar-refractivity contribution >= 4 is 17.3 Å². The van der Waals surface area contributed by atoms with Crippen LogP contribution in [-0.2, 0) is 11.2 Å². The van der Waals surface area contributed by atoms with Crippen LogP contribution < -0.4 is 5.73 Å². The molecule has 6 heteroatoms. The van der Waals surface area contributed by atoms with E-state index in [0.717, 1.165) is 0 Å². The predicted molar refractivity (Wildman–Crippen MR) is 64.7 cm³/mol. The van der Waals surface area contributed by atoms with E-state index in [1.165, 1.54) is 0 Å². The first-order chi connectivity index (χ1) is 8.20. The van der Waals surface area contributed by atoms with Crippen molar-refractivity contribution in [1.29, 1.82) is 0 Å². The van der Waals surface area contributed by atoms with Crippen LogP contribution in [0.15, 0.2) is 22.7 Å². The van der Waals surface area contributed by atoms with Gasteiger partial charge < -0.3 is 15.0 Å². The molecule has 2 aromatic rings. The third-order valence-electron chi connectivity index (χ3n) is 2.22. The molecule has 17 heavy (non-hydrogen) atoms. The smallest absolute Gasteiger partial charge is 0.259 e. The second kappa shape index (κ2) is 5.16. The van der Waals surface area contributed by atoms with E-state index in [9.17, 15) is 0 Å². The first-order valence-corrected chi connectivity index (χ1v) is 5.45. The SMILES string of the molecule is COCCc1noc(-c2ccc(N)cc2Cl)n1. The average Bonchev–Trinajstić information content (AvgIpc) is 2.75. The molecule has 0 fully saturated rings. The van der Waals surface area contributed by atoms with Crippen molar-refractivity contribution in [2.24, 2.45) is 0 Å². The van der Waals surface area contributed by atoms with E-state index < -0.39 is 0 Å². The molecule has 1 aromatic heterocycles. The molecule has 1 aromatic carbocycles. The highest BCUT2D eigenvalue weighted by Crippen LogP contribution is 2.28. The number of benzene rings is 1. The third kappa shape index (κ3) is 2.75. The van der Waals surface area contributed by atoms with Crippen molar-refractivity contribution in [2.45, 2.75) is 6.42 Å². The van der Waals surface area contributed by atoms with Gasteiger partial charge in [0.1, 0.15) is 0 Å². The molecule has 0 spiro atoms. The van der Waals surface area contributed by atoms with Crippen LogP contribution >= 0.6 is 11.6 Å². The Morgan fingerprint density at radius 1 is 1.47 bits per heavy atom. The molecule has 0 aliphatic rings. The van der Waals surface area contributed by atoms with Crippen LogP contribution in [0.4, 0.5) is 5.69 Å². The van der Waals surface area contributed by atoms with Gasteiger partial charge in [0.2, 0.25) is 0 Å². The van der Waals surface area contributed by atoms with E-state index in [4.69, 9.17) is 26.6 Å². The molecular formula is C11H12ClN3O2. The molecule has 90 valence electrons. The number of hydrogen-bond acceptors (Lipinski definition) is 5. The van der Waals surface area contributed by atoms with Gasteiger partial charge in [0.05, 0.1) is 17.2 Å². The maximum atomic E-state index is 6.05. The van der Waals surface area contributed by atoms with E-state index in [-0.39, 0.29) is 0 Å². The largest absolute Gasteiger partial charge is 0.399 e. The van der Waals surface area contributed by atoms with Crippen LogP contribution in [-0.4, -0.2) is 23.9 Å². The highest BCUT2D eigenvalue weighted by molar-refractivity contribution is 6.33. The zero-order valence-electron chi connectivity index (χ0n) is 9.31. The monoisotopic (exact) mass is 253 g/mol. The summed E-state index contributed by atoms with van der Waals surface area (Å²) in [4.78, 5) is 4.23. The zero-order valence-corrected chi connectivity index (χ0v) is 10.1. The average molecular weight is 254 g/mol. The number of nitrogens with zero attached hydrogens (tertiary/aromatic N) is 2. The zero-order chi connectivity index (χ0) is 12.3. The van der Waals surface area contributed by atoms with E-state index in [1.54, 1.807) is 25.3 Å². The normalized spacial score (nSPS) is 10.7. The molecule has 0 radical (unpaired) electrons. The molecule has 2 N–H and O–H groups in total. The highest BCUT2D eigenvalue weighted by Gasteiger charge is 2.12. The third-order valence-corrected chi connectivity index (χ3v) is 2.53. The lowest BCUT2D eigenvalue weighted by molar-refractivity contribution is 0.199. The summed E-state index contributed by atoms with van der Waals surface area (Å²) in [5, 5.41) is 4.33. The summed E-state index contributed by atoms with van der Waals surface area (Å²) in [7, 11) is 1.62. The number of nitrogens with two attached hydrogens (primary N) is 1. The summed E-state index contributed by atoms with van der Waals surface area (Å²) in [6.45, 7) is 0.550. The van der Waals surface area contributed by atoms with E-state index in [2.05, 4.69) is 10.1 Å². The van der Waals surface area contributed by atoms with Crippen LogP contribution in [0.3, 0.4) is 0 Å². The van der Waals surface area contributed by atoms with E-state index in [1.807, 2.05) is 0 Å². The lowest BCUT2D eigenvalue weighted by atomic mass is 10.2. The Bertz CT molecular complexity index is 513. The molecule has 1 heterocycles. The number of aromatic nitrogens is 2. The first-order valence-electron chi connectivity index (χ1n) is 5.07. The predicted octanol–water partition coefficient (Wildman–Crippen LogP) is 2.16. The Morgan fingerprint density at radius 2 is 2.29 bits per heavy atom. The maximum absolute atomic E-state index is 6.05. The van der Waals surface area contributed by atoms with Gasteiger partial charge in [0, 0.05) is 19.2 Å². The molecule has 0 unspecified atom stereocenters. The number of halogens is 1. The fourth-order valence-electron chi connectivity index (χ4n) is 1.36. The van der Waals surface area contributed by atoms with Crippen LogP contribution in [0.2, 0.25) is 5.02 Å². The number of nitrogen functional groups attached to an aromatic ring is 1. The van der Waals surface area contributed by atoms with Crippen molar-refractivity contribution in [3.8, 4) is 11.5 Å². The molecule has 5 nitrogen and oxygen atoms in total. The molecule has 0 saturated heterocycles. The fourth-order valence-corrected chi connectivity index (χ4v) is 1.63. The van der Waals surface area contributed by atoms with Gasteiger partial charge in [-0.2, -0.15) is 4.98 Å². The lowest BCUT2D eigenvalue weighted by Crippen LogP contribution is -1.96. The van der Waals surface area contributed by atoms with Gasteiger partial charge in [-0.05, 0) is 18.2 Å². The van der Waals surface area contributed by atoms with Crippen LogP contribution in [0.25, 0.3) is 11.5 Å². The van der Waals surface area contributed by atoms with Gasteiger partial charge in [-0.15, -0.1) is 0 Å². The minimum Gasteiger partial charge on any atom is -0.399 e. The van der Waals surface area contributed by atoms with Gasteiger partial charge >= 0.3 is 0 Å². The van der Waals surface area contributed by atoms with Crippen LogP contribution in [0.5, 0.6) is 0 Å². The van der Waals surface area contributed by atoms with E-state index in [0.29, 0.717) is 41.0 Å².